The van der Waals surface area contributed by atoms with Crippen molar-refractivity contribution >= 4 is 40.1 Å². The number of rotatable bonds is 9. The number of fused-ring (bicyclic) bond motifs is 16. The summed E-state index contributed by atoms with van der Waals surface area (Å²) in [4.78, 5) is 22.4. The van der Waals surface area contributed by atoms with Gasteiger partial charge in [0.1, 0.15) is 11.4 Å². The Bertz CT molecular complexity index is 2300. The molecule has 5 nitrogen and oxygen atoms in total. The summed E-state index contributed by atoms with van der Waals surface area (Å²) in [7, 11) is 0. The quantitative estimate of drug-likeness (QED) is 0.246. The zero-order chi connectivity index (χ0) is 48.1. The van der Waals surface area contributed by atoms with Gasteiger partial charge in [-0.1, -0.05) is 130 Å². The number of allylic oxidation sites excluding steroid dienone is 8. The molecule has 1 saturated heterocycles. The van der Waals surface area contributed by atoms with Crippen LogP contribution in [0.15, 0.2) is 72.0 Å². The van der Waals surface area contributed by atoms with E-state index in [4.69, 9.17) is 11.6 Å². The SMILES string of the molecule is C=C1Nc2c3c(c4c(C(=C)C)c(c(C)c(C)c4c2=C)CCC/C=C/[C@H](CC)[C@@H](C)C(CC(=O)C(CC)C(=C)C)[C@H](C)C(C)[C@H](C)CC(C)/C=C/C=C\1C)=NC1(CCN(CC(C)C)CC1)N3. The Morgan fingerprint density at radius 1 is 0.923 bits per heavy atom. The zero-order valence-electron chi connectivity index (χ0n) is 43.7. The second kappa shape index (κ2) is 22.2. The first-order valence-corrected chi connectivity index (χ1v) is 25.7. The highest BCUT2D eigenvalue weighted by atomic mass is 16.1. The van der Waals surface area contributed by atoms with E-state index in [0.717, 1.165) is 115 Å². The third-order valence-electron chi connectivity index (χ3n) is 16.5. The van der Waals surface area contributed by atoms with E-state index in [-0.39, 0.29) is 11.6 Å². The summed E-state index contributed by atoms with van der Waals surface area (Å²) in [5.41, 5.74) is 10.9. The van der Waals surface area contributed by atoms with Gasteiger partial charge < -0.3 is 15.5 Å². The van der Waals surface area contributed by atoms with Crippen molar-refractivity contribution in [1.82, 2.24) is 4.90 Å². The van der Waals surface area contributed by atoms with Crippen molar-refractivity contribution in [3.05, 3.63) is 99.8 Å². The minimum Gasteiger partial charge on any atom is -0.358 e. The molecule has 65 heavy (non-hydrogen) atoms. The Hall–Kier alpha value is -3.96. The molecule has 4 bridgehead atoms. The lowest BCUT2D eigenvalue weighted by atomic mass is 9.66. The molecule has 4 aliphatic rings. The average Bonchev–Trinajstić information content (AvgIpc) is 3.62. The molecule has 2 N–H and O–H groups in total. The van der Waals surface area contributed by atoms with Crippen LogP contribution in [0.1, 0.15) is 157 Å². The van der Waals surface area contributed by atoms with Gasteiger partial charge in [-0.2, -0.15) is 0 Å². The third kappa shape index (κ3) is 11.6. The Labute approximate surface area is 396 Å². The molecule has 0 saturated carbocycles. The normalized spacial score (nSPS) is 28.1. The van der Waals surface area contributed by atoms with Gasteiger partial charge in [-0.25, -0.2) is 0 Å². The smallest absolute Gasteiger partial charge is 0.140 e. The first-order chi connectivity index (χ1) is 30.7. The first-order valence-electron chi connectivity index (χ1n) is 25.7. The van der Waals surface area contributed by atoms with E-state index in [0.29, 0.717) is 59.5 Å². The molecule has 1 spiro atoms. The van der Waals surface area contributed by atoms with Crippen molar-refractivity contribution in [3.63, 3.8) is 0 Å². The summed E-state index contributed by atoms with van der Waals surface area (Å²) in [6.45, 7) is 53.6. The van der Waals surface area contributed by atoms with Crippen molar-refractivity contribution < 1.29 is 4.79 Å². The molecule has 8 atom stereocenters. The number of hydrogen-bond donors (Lipinski definition) is 2. The Morgan fingerprint density at radius 3 is 2.20 bits per heavy atom. The molecule has 2 aromatic carbocycles. The van der Waals surface area contributed by atoms with Crippen LogP contribution >= 0.6 is 0 Å². The van der Waals surface area contributed by atoms with E-state index >= 15 is 0 Å². The molecule has 4 heterocycles. The summed E-state index contributed by atoms with van der Waals surface area (Å²) in [5.74, 6) is 3.79. The predicted octanol–water partition coefficient (Wildman–Crippen LogP) is 14.5. The van der Waals surface area contributed by atoms with Crippen LogP contribution in [0, 0.1) is 67.1 Å². The average molecular weight is 883 g/mol. The molecule has 0 aromatic heterocycles. The van der Waals surface area contributed by atoms with Crippen LogP contribution in [-0.2, 0) is 11.2 Å². The Balaban J connectivity index is 1.64. The zero-order valence-corrected chi connectivity index (χ0v) is 43.7. The maximum Gasteiger partial charge on any atom is 0.140 e. The maximum atomic E-state index is 14.1. The monoisotopic (exact) mass is 883 g/mol. The number of likely N-dealkylation sites (tertiary alicyclic amines) is 1. The Kier molecular flexibility index (Phi) is 17.8. The highest BCUT2D eigenvalue weighted by Gasteiger charge is 2.40. The topological polar surface area (TPSA) is 56.7 Å². The predicted molar refractivity (Wildman–Crippen MR) is 285 cm³/mol. The van der Waals surface area contributed by atoms with Crippen LogP contribution in [0.3, 0.4) is 0 Å². The van der Waals surface area contributed by atoms with Crippen LogP contribution in [0.25, 0.3) is 22.9 Å². The lowest BCUT2D eigenvalue weighted by Crippen LogP contribution is -2.47. The largest absolute Gasteiger partial charge is 0.358 e. The van der Waals surface area contributed by atoms with E-state index < -0.39 is 0 Å². The van der Waals surface area contributed by atoms with Gasteiger partial charge in [0, 0.05) is 61.1 Å². The fourth-order valence-corrected chi connectivity index (χ4v) is 12.0. The molecule has 5 heteroatoms. The molecular formula is C60H90N4O. The number of anilines is 2. The van der Waals surface area contributed by atoms with Crippen molar-refractivity contribution in [3.8, 4) is 0 Å². The van der Waals surface area contributed by atoms with Gasteiger partial charge in [0.25, 0.3) is 0 Å². The van der Waals surface area contributed by atoms with Crippen LogP contribution in [0.2, 0.25) is 0 Å². The number of ketones is 1. The van der Waals surface area contributed by atoms with Gasteiger partial charge in [-0.05, 0) is 154 Å². The van der Waals surface area contributed by atoms with Gasteiger partial charge in [0.15, 0.2) is 0 Å². The summed E-state index contributed by atoms with van der Waals surface area (Å²) in [5, 5.41) is 12.3. The van der Waals surface area contributed by atoms with Crippen LogP contribution in [0.5, 0.6) is 0 Å². The number of piperidine rings is 1. The van der Waals surface area contributed by atoms with E-state index in [1.807, 2.05) is 6.92 Å². The fraction of sp³-hybridized carbons (Fsp3) is 0.600. The fourth-order valence-electron chi connectivity index (χ4n) is 12.0. The van der Waals surface area contributed by atoms with Crippen LogP contribution in [-0.4, -0.2) is 36.0 Å². The second-order valence-corrected chi connectivity index (χ2v) is 21.8. The number of hydrogen-bond acceptors (Lipinski definition) is 5. The standard InChI is InChI=1S/C60H90N4O/c1-19-49-27-22-21-23-28-51-44(14)45(15)55-47(17)57(59-58(56(55)54(51)38(7)8)62-60(63-59)29-31-64(32-30-60)35-36(3)4)61-48(18)40(10)26-24-25-39(9)33-41(11)42(12)43(13)52(46(49)16)34-53(65)50(20-2)37(5)6/h22,24-27,36,39,41-43,46,49-50,52,61,63H,5,7,17-21,23,28-35H2,1-4,6,8-16H3/b25-24+,27-22+,40-26-/t39?,41-,42?,43-,46-,49+,50?,52?/m1/s1. The molecular weight excluding hydrogens is 793 g/mol. The lowest BCUT2D eigenvalue weighted by Gasteiger charge is -2.39. The van der Waals surface area contributed by atoms with Gasteiger partial charge >= 0.3 is 0 Å². The van der Waals surface area contributed by atoms with E-state index in [9.17, 15) is 4.79 Å². The number of nitrogens with zero attached hydrogens (tertiary/aromatic N) is 2. The lowest BCUT2D eigenvalue weighted by molar-refractivity contribution is -0.124. The third-order valence-corrected chi connectivity index (χ3v) is 16.5. The van der Waals surface area contributed by atoms with Crippen molar-refractivity contribution in [1.29, 1.82) is 0 Å². The Morgan fingerprint density at radius 2 is 1.60 bits per heavy atom. The molecule has 1 fully saturated rings. The van der Waals surface area contributed by atoms with Crippen molar-refractivity contribution in [2.45, 2.75) is 160 Å². The summed E-state index contributed by atoms with van der Waals surface area (Å²) < 4.78 is 0. The number of carbonyl (C=O) groups is 1. The summed E-state index contributed by atoms with van der Waals surface area (Å²) in [6.07, 6.45) is 20.2. The minimum atomic E-state index is -0.370. The minimum absolute atomic E-state index is 0.0637. The molecule has 4 aliphatic heterocycles. The number of benzene rings is 2. The molecule has 0 radical (unpaired) electrons. The highest BCUT2D eigenvalue weighted by molar-refractivity contribution is 6.03. The van der Waals surface area contributed by atoms with Crippen molar-refractivity contribution in [2.24, 2.45) is 58.3 Å². The molecule has 356 valence electrons. The van der Waals surface area contributed by atoms with Gasteiger partial charge in [-0.3, -0.25) is 9.79 Å². The van der Waals surface area contributed by atoms with E-state index in [1.165, 1.54) is 33.0 Å². The van der Waals surface area contributed by atoms with Gasteiger partial charge in [0.05, 0.1) is 16.7 Å². The van der Waals surface area contributed by atoms with Crippen LogP contribution < -0.4 is 21.2 Å². The molecule has 0 amide bonds. The number of carbonyl (C=O) groups excluding carboxylic acids is 1. The summed E-state index contributed by atoms with van der Waals surface area (Å²) in [6, 6.07) is 0. The number of Topliss-reactive ketones (excluding diaryl/α,β-unsaturated/α-hetero) is 1. The van der Waals surface area contributed by atoms with Crippen LogP contribution in [0.4, 0.5) is 11.4 Å². The summed E-state index contributed by atoms with van der Waals surface area (Å²) >= 11 is 0. The van der Waals surface area contributed by atoms with Gasteiger partial charge in [0.2, 0.25) is 0 Å². The molecule has 6 rings (SSSR count). The number of aryl methyl sites for hydroxylation is 1. The first kappa shape index (κ1) is 52.0. The molecule has 0 aliphatic carbocycles. The van der Waals surface area contributed by atoms with E-state index in [2.05, 4.69) is 156 Å². The second-order valence-electron chi connectivity index (χ2n) is 21.8. The highest BCUT2D eigenvalue weighted by Crippen LogP contribution is 2.42. The molecule has 4 unspecified atom stereocenters. The maximum absolute atomic E-state index is 14.1. The van der Waals surface area contributed by atoms with Crippen molar-refractivity contribution in [2.75, 3.05) is 30.3 Å². The van der Waals surface area contributed by atoms with Gasteiger partial charge in [-0.15, -0.1) is 0 Å². The number of nitrogens with one attached hydrogen (secondary N) is 2. The van der Waals surface area contributed by atoms with E-state index in [1.54, 1.807) is 0 Å². The molecule has 2 aromatic rings.